The SMILES string of the molecule is C[C@@H](NCc1cc2c(cc1[N+](=O)[O-])OCO2)C1CC1. The molecule has 1 aromatic rings. The second-order valence-electron chi connectivity index (χ2n) is 5.10. The molecule has 102 valence electrons. The molecule has 1 N–H and O–H groups in total. The third-order valence-corrected chi connectivity index (χ3v) is 3.71. The lowest BCUT2D eigenvalue weighted by atomic mass is 10.1. The summed E-state index contributed by atoms with van der Waals surface area (Å²) in [5.74, 6) is 1.75. The van der Waals surface area contributed by atoms with E-state index in [1.54, 1.807) is 6.07 Å². The van der Waals surface area contributed by atoms with Gasteiger partial charge in [0.05, 0.1) is 11.0 Å². The van der Waals surface area contributed by atoms with Crippen molar-refractivity contribution >= 4 is 5.69 Å². The van der Waals surface area contributed by atoms with Crippen LogP contribution in [0.15, 0.2) is 12.1 Å². The number of nitrogens with one attached hydrogen (secondary N) is 1. The van der Waals surface area contributed by atoms with Crippen LogP contribution in [0.1, 0.15) is 25.3 Å². The Morgan fingerprint density at radius 3 is 2.74 bits per heavy atom. The summed E-state index contributed by atoms with van der Waals surface area (Å²) >= 11 is 0. The van der Waals surface area contributed by atoms with Crippen molar-refractivity contribution in [3.8, 4) is 11.5 Å². The number of fused-ring (bicyclic) bond motifs is 1. The van der Waals surface area contributed by atoms with Gasteiger partial charge in [-0.05, 0) is 31.7 Å². The first-order valence-corrected chi connectivity index (χ1v) is 6.45. The van der Waals surface area contributed by atoms with Gasteiger partial charge in [0.2, 0.25) is 6.79 Å². The number of nitro groups is 1. The number of hydrogen-bond acceptors (Lipinski definition) is 5. The highest BCUT2D eigenvalue weighted by molar-refractivity contribution is 5.55. The molecule has 2 aliphatic rings. The smallest absolute Gasteiger partial charge is 0.277 e. The first kappa shape index (κ1) is 12.2. The van der Waals surface area contributed by atoms with Gasteiger partial charge in [0.1, 0.15) is 0 Å². The minimum atomic E-state index is -0.374. The zero-order chi connectivity index (χ0) is 13.4. The maximum Gasteiger partial charge on any atom is 0.277 e. The molecule has 1 aliphatic carbocycles. The van der Waals surface area contributed by atoms with E-state index in [-0.39, 0.29) is 17.4 Å². The number of nitrogens with zero attached hydrogens (tertiary/aromatic N) is 1. The van der Waals surface area contributed by atoms with E-state index in [0.717, 1.165) is 0 Å². The average Bonchev–Trinajstić information content (AvgIpc) is 3.13. The molecule has 0 saturated heterocycles. The van der Waals surface area contributed by atoms with Crippen molar-refractivity contribution in [2.24, 2.45) is 5.92 Å². The summed E-state index contributed by atoms with van der Waals surface area (Å²) in [7, 11) is 0. The van der Waals surface area contributed by atoms with E-state index < -0.39 is 0 Å². The van der Waals surface area contributed by atoms with Crippen LogP contribution in [0.3, 0.4) is 0 Å². The Bertz CT molecular complexity index is 514. The highest BCUT2D eigenvalue weighted by Crippen LogP contribution is 2.38. The lowest BCUT2D eigenvalue weighted by Gasteiger charge is -2.13. The van der Waals surface area contributed by atoms with Crippen LogP contribution in [0.4, 0.5) is 5.69 Å². The number of benzene rings is 1. The van der Waals surface area contributed by atoms with Crippen LogP contribution in [0.2, 0.25) is 0 Å². The van der Waals surface area contributed by atoms with Gasteiger partial charge in [0.15, 0.2) is 11.5 Å². The molecule has 1 fully saturated rings. The van der Waals surface area contributed by atoms with Crippen molar-refractivity contribution in [3.05, 3.63) is 27.8 Å². The fraction of sp³-hybridized carbons (Fsp3) is 0.538. The number of rotatable bonds is 5. The lowest BCUT2D eigenvalue weighted by molar-refractivity contribution is -0.385. The molecule has 0 radical (unpaired) electrons. The molecule has 19 heavy (non-hydrogen) atoms. The number of ether oxygens (including phenoxy) is 2. The summed E-state index contributed by atoms with van der Waals surface area (Å²) in [5.41, 5.74) is 0.724. The normalized spacial score (nSPS) is 18.4. The highest BCUT2D eigenvalue weighted by atomic mass is 16.7. The number of nitro benzene ring substituents is 1. The molecule has 1 aromatic carbocycles. The van der Waals surface area contributed by atoms with Crippen molar-refractivity contribution in [2.75, 3.05) is 6.79 Å². The van der Waals surface area contributed by atoms with Crippen LogP contribution >= 0.6 is 0 Å². The van der Waals surface area contributed by atoms with Crippen LogP contribution < -0.4 is 14.8 Å². The summed E-state index contributed by atoms with van der Waals surface area (Å²) in [6, 6.07) is 3.54. The zero-order valence-corrected chi connectivity index (χ0v) is 10.7. The van der Waals surface area contributed by atoms with E-state index in [1.807, 2.05) is 0 Å². The van der Waals surface area contributed by atoms with E-state index in [9.17, 15) is 10.1 Å². The van der Waals surface area contributed by atoms with Crippen molar-refractivity contribution in [1.82, 2.24) is 5.32 Å². The predicted octanol–water partition coefficient (Wildman–Crippen LogP) is 2.21. The fourth-order valence-corrected chi connectivity index (χ4v) is 2.32. The lowest BCUT2D eigenvalue weighted by Crippen LogP contribution is -2.27. The van der Waals surface area contributed by atoms with Gasteiger partial charge >= 0.3 is 0 Å². The van der Waals surface area contributed by atoms with Gasteiger partial charge in [-0.25, -0.2) is 0 Å². The predicted molar refractivity (Wildman–Crippen MR) is 68.2 cm³/mol. The van der Waals surface area contributed by atoms with Gasteiger partial charge in [-0.15, -0.1) is 0 Å². The second kappa shape index (κ2) is 4.70. The highest BCUT2D eigenvalue weighted by Gasteiger charge is 2.28. The third-order valence-electron chi connectivity index (χ3n) is 3.71. The molecule has 0 spiro atoms. The molecule has 1 atom stereocenters. The van der Waals surface area contributed by atoms with Gasteiger partial charge in [-0.1, -0.05) is 0 Å². The van der Waals surface area contributed by atoms with Gasteiger partial charge in [-0.3, -0.25) is 10.1 Å². The Morgan fingerprint density at radius 1 is 1.42 bits per heavy atom. The quantitative estimate of drug-likeness (QED) is 0.652. The first-order valence-electron chi connectivity index (χ1n) is 6.45. The average molecular weight is 264 g/mol. The van der Waals surface area contributed by atoms with Crippen LogP contribution in [-0.2, 0) is 6.54 Å². The van der Waals surface area contributed by atoms with Crippen molar-refractivity contribution < 1.29 is 14.4 Å². The van der Waals surface area contributed by atoms with E-state index in [2.05, 4.69) is 12.2 Å². The van der Waals surface area contributed by atoms with Crippen LogP contribution in [0, 0.1) is 16.0 Å². The Balaban J connectivity index is 1.79. The summed E-state index contributed by atoms with van der Waals surface area (Å²) in [5, 5.41) is 14.4. The van der Waals surface area contributed by atoms with Gasteiger partial charge < -0.3 is 14.8 Å². The van der Waals surface area contributed by atoms with E-state index >= 15 is 0 Å². The zero-order valence-electron chi connectivity index (χ0n) is 10.7. The summed E-state index contributed by atoms with van der Waals surface area (Å²) in [4.78, 5) is 10.7. The minimum absolute atomic E-state index is 0.0831. The Hall–Kier alpha value is -1.82. The molecular formula is C13H16N2O4. The summed E-state index contributed by atoms with van der Waals surface area (Å²) in [6.07, 6.45) is 2.49. The first-order chi connectivity index (χ1) is 9.15. The monoisotopic (exact) mass is 264 g/mol. The summed E-state index contributed by atoms with van der Waals surface area (Å²) in [6.45, 7) is 2.73. The largest absolute Gasteiger partial charge is 0.454 e. The van der Waals surface area contributed by atoms with Crippen molar-refractivity contribution in [3.63, 3.8) is 0 Å². The molecule has 1 aliphatic heterocycles. The maximum absolute atomic E-state index is 11.1. The Morgan fingerprint density at radius 2 is 2.11 bits per heavy atom. The minimum Gasteiger partial charge on any atom is -0.454 e. The fourth-order valence-electron chi connectivity index (χ4n) is 2.32. The molecule has 1 saturated carbocycles. The van der Waals surface area contributed by atoms with E-state index in [0.29, 0.717) is 35.6 Å². The van der Waals surface area contributed by atoms with Gasteiger partial charge in [-0.2, -0.15) is 0 Å². The Kier molecular flexibility index (Phi) is 3.02. The molecule has 6 nitrogen and oxygen atoms in total. The van der Waals surface area contributed by atoms with E-state index in [4.69, 9.17) is 9.47 Å². The van der Waals surface area contributed by atoms with Crippen LogP contribution in [-0.4, -0.2) is 17.8 Å². The molecule has 3 rings (SSSR count). The maximum atomic E-state index is 11.1. The van der Waals surface area contributed by atoms with Crippen molar-refractivity contribution in [1.29, 1.82) is 0 Å². The topological polar surface area (TPSA) is 73.6 Å². The molecule has 6 heteroatoms. The summed E-state index contributed by atoms with van der Waals surface area (Å²) < 4.78 is 10.4. The van der Waals surface area contributed by atoms with Gasteiger partial charge in [0.25, 0.3) is 5.69 Å². The second-order valence-corrected chi connectivity index (χ2v) is 5.10. The van der Waals surface area contributed by atoms with Crippen molar-refractivity contribution in [2.45, 2.75) is 32.4 Å². The van der Waals surface area contributed by atoms with Gasteiger partial charge in [0, 0.05) is 18.2 Å². The van der Waals surface area contributed by atoms with E-state index in [1.165, 1.54) is 18.9 Å². The molecule has 0 bridgehead atoms. The molecule has 0 unspecified atom stereocenters. The molecule has 0 amide bonds. The number of hydrogen-bond donors (Lipinski definition) is 1. The standard InChI is InChI=1S/C13H16N2O4/c1-8(9-2-3-9)14-6-10-4-12-13(19-7-18-12)5-11(10)15(16)17/h4-5,8-9,14H,2-3,6-7H2,1H3/t8-/m1/s1. The molecule has 0 aromatic heterocycles. The van der Waals surface area contributed by atoms with Crippen LogP contribution in [0.5, 0.6) is 11.5 Å². The Labute approximate surface area is 110 Å². The van der Waals surface area contributed by atoms with Crippen LogP contribution in [0.25, 0.3) is 0 Å². The molecule has 1 heterocycles. The third kappa shape index (κ3) is 2.49. The molecular weight excluding hydrogens is 248 g/mol.